The molecule has 0 aliphatic heterocycles. The molecule has 0 aliphatic rings. The van der Waals surface area contributed by atoms with Crippen molar-refractivity contribution in [2.24, 2.45) is 0 Å². The zero-order valence-electron chi connectivity index (χ0n) is 10.0. The molecule has 17 heavy (non-hydrogen) atoms. The fourth-order valence-electron chi connectivity index (χ4n) is 1.71. The molecule has 0 bridgehead atoms. The highest BCUT2D eigenvalue weighted by Gasteiger charge is 2.03. The molecule has 0 saturated heterocycles. The van der Waals surface area contributed by atoms with E-state index in [1.54, 1.807) is 14.2 Å². The van der Waals surface area contributed by atoms with Gasteiger partial charge in [0.1, 0.15) is 5.75 Å². The Labute approximate surface area is 101 Å². The van der Waals surface area contributed by atoms with Gasteiger partial charge in [0.05, 0.1) is 14.2 Å². The minimum absolute atomic E-state index is 0.633. The normalized spacial score (nSPS) is 10.0. The number of nitrogens with zero attached hydrogens (tertiary/aromatic N) is 1. The summed E-state index contributed by atoms with van der Waals surface area (Å²) < 4.78 is 10.3. The van der Waals surface area contributed by atoms with E-state index in [2.05, 4.69) is 11.1 Å². The SMILES string of the molecule is COc1ccc(Cc2ccccc2OC)cn1. The Kier molecular flexibility index (Phi) is 3.60. The van der Waals surface area contributed by atoms with E-state index in [9.17, 15) is 0 Å². The molecule has 0 atom stereocenters. The average Bonchev–Trinajstić information content (AvgIpc) is 2.40. The molecule has 88 valence electrons. The second-order valence-electron chi connectivity index (χ2n) is 3.70. The van der Waals surface area contributed by atoms with Gasteiger partial charge in [-0.2, -0.15) is 0 Å². The highest BCUT2D eigenvalue weighted by atomic mass is 16.5. The number of aromatic nitrogens is 1. The first kappa shape index (κ1) is 11.5. The van der Waals surface area contributed by atoms with Crippen LogP contribution in [0.15, 0.2) is 42.6 Å². The lowest BCUT2D eigenvalue weighted by Gasteiger charge is -2.08. The van der Waals surface area contributed by atoms with E-state index in [0.29, 0.717) is 5.88 Å². The third kappa shape index (κ3) is 2.75. The first-order valence-corrected chi connectivity index (χ1v) is 5.44. The second kappa shape index (κ2) is 5.34. The lowest BCUT2D eigenvalue weighted by atomic mass is 10.1. The number of para-hydroxylation sites is 1. The van der Waals surface area contributed by atoms with E-state index < -0.39 is 0 Å². The van der Waals surface area contributed by atoms with Crippen LogP contribution in [0.5, 0.6) is 11.6 Å². The molecule has 0 spiro atoms. The Balaban J connectivity index is 2.19. The Hall–Kier alpha value is -2.03. The van der Waals surface area contributed by atoms with Gasteiger partial charge in [0.25, 0.3) is 0 Å². The smallest absolute Gasteiger partial charge is 0.212 e. The van der Waals surface area contributed by atoms with Crippen LogP contribution in [0.1, 0.15) is 11.1 Å². The van der Waals surface area contributed by atoms with Crippen molar-refractivity contribution in [3.63, 3.8) is 0 Å². The number of hydrogen-bond acceptors (Lipinski definition) is 3. The molecule has 0 unspecified atom stereocenters. The minimum Gasteiger partial charge on any atom is -0.496 e. The molecule has 0 saturated carbocycles. The highest BCUT2D eigenvalue weighted by Crippen LogP contribution is 2.21. The van der Waals surface area contributed by atoms with Crippen LogP contribution in [0.3, 0.4) is 0 Å². The fraction of sp³-hybridized carbons (Fsp3) is 0.214. The second-order valence-corrected chi connectivity index (χ2v) is 3.70. The molecule has 2 rings (SSSR count). The van der Waals surface area contributed by atoms with Crippen LogP contribution < -0.4 is 9.47 Å². The molecule has 1 heterocycles. The van der Waals surface area contributed by atoms with Crippen molar-refractivity contribution >= 4 is 0 Å². The maximum atomic E-state index is 5.32. The summed E-state index contributed by atoms with van der Waals surface area (Å²) in [4.78, 5) is 4.19. The summed E-state index contributed by atoms with van der Waals surface area (Å²) in [6, 6.07) is 11.9. The van der Waals surface area contributed by atoms with Crippen LogP contribution in [0.25, 0.3) is 0 Å². The van der Waals surface area contributed by atoms with Gasteiger partial charge in [-0.1, -0.05) is 24.3 Å². The summed E-state index contributed by atoms with van der Waals surface area (Å²) in [7, 11) is 3.30. The Morgan fingerprint density at radius 2 is 1.82 bits per heavy atom. The summed E-state index contributed by atoms with van der Waals surface area (Å²) in [5.74, 6) is 1.54. The maximum absolute atomic E-state index is 5.32. The van der Waals surface area contributed by atoms with Crippen LogP contribution in [0, 0.1) is 0 Å². The summed E-state index contributed by atoms with van der Waals surface area (Å²) in [6.45, 7) is 0. The van der Waals surface area contributed by atoms with E-state index in [4.69, 9.17) is 9.47 Å². The number of pyridine rings is 1. The molecule has 1 aromatic carbocycles. The number of benzene rings is 1. The quantitative estimate of drug-likeness (QED) is 0.807. The van der Waals surface area contributed by atoms with E-state index in [-0.39, 0.29) is 0 Å². The molecule has 1 aromatic heterocycles. The highest BCUT2D eigenvalue weighted by molar-refractivity contribution is 5.37. The summed E-state index contributed by atoms with van der Waals surface area (Å²) in [5, 5.41) is 0. The summed E-state index contributed by atoms with van der Waals surface area (Å²) in [5.41, 5.74) is 2.29. The van der Waals surface area contributed by atoms with Gasteiger partial charge in [-0.3, -0.25) is 0 Å². The molecule has 0 aliphatic carbocycles. The predicted molar refractivity (Wildman–Crippen MR) is 66.6 cm³/mol. The van der Waals surface area contributed by atoms with Crippen LogP contribution in [-0.4, -0.2) is 19.2 Å². The lowest BCUT2D eigenvalue weighted by molar-refractivity contribution is 0.397. The van der Waals surface area contributed by atoms with Crippen LogP contribution in [-0.2, 0) is 6.42 Å². The number of hydrogen-bond donors (Lipinski definition) is 0. The molecule has 2 aromatic rings. The largest absolute Gasteiger partial charge is 0.496 e. The van der Waals surface area contributed by atoms with Crippen LogP contribution in [0.2, 0.25) is 0 Å². The lowest BCUT2D eigenvalue weighted by Crippen LogP contribution is -1.95. The summed E-state index contributed by atoms with van der Waals surface area (Å²) in [6.07, 6.45) is 2.63. The van der Waals surface area contributed by atoms with Crippen molar-refractivity contribution in [1.29, 1.82) is 0 Å². The number of ether oxygens (including phenoxy) is 2. The van der Waals surface area contributed by atoms with E-state index in [1.165, 1.54) is 0 Å². The molecule has 0 fully saturated rings. The Morgan fingerprint density at radius 3 is 2.47 bits per heavy atom. The zero-order chi connectivity index (χ0) is 12.1. The molecular formula is C14H15NO2. The zero-order valence-corrected chi connectivity index (χ0v) is 10.0. The van der Waals surface area contributed by atoms with Crippen LogP contribution in [0.4, 0.5) is 0 Å². The van der Waals surface area contributed by atoms with Crippen molar-refractivity contribution < 1.29 is 9.47 Å². The first-order valence-electron chi connectivity index (χ1n) is 5.44. The van der Waals surface area contributed by atoms with Gasteiger partial charge >= 0.3 is 0 Å². The monoisotopic (exact) mass is 229 g/mol. The van der Waals surface area contributed by atoms with Crippen molar-refractivity contribution in [3.05, 3.63) is 53.7 Å². The maximum Gasteiger partial charge on any atom is 0.212 e. The number of methoxy groups -OCH3 is 2. The predicted octanol–water partition coefficient (Wildman–Crippen LogP) is 2.69. The van der Waals surface area contributed by atoms with Crippen molar-refractivity contribution in [2.75, 3.05) is 14.2 Å². The average molecular weight is 229 g/mol. The van der Waals surface area contributed by atoms with Gasteiger partial charge in [-0.05, 0) is 17.2 Å². The van der Waals surface area contributed by atoms with Crippen molar-refractivity contribution in [1.82, 2.24) is 4.98 Å². The third-order valence-corrected chi connectivity index (χ3v) is 2.59. The molecule has 0 radical (unpaired) electrons. The van der Waals surface area contributed by atoms with Crippen molar-refractivity contribution in [3.8, 4) is 11.6 Å². The van der Waals surface area contributed by atoms with Gasteiger partial charge in [-0.15, -0.1) is 0 Å². The van der Waals surface area contributed by atoms with E-state index >= 15 is 0 Å². The summed E-state index contributed by atoms with van der Waals surface area (Å²) >= 11 is 0. The van der Waals surface area contributed by atoms with Gasteiger partial charge in [-0.25, -0.2) is 4.98 Å². The number of rotatable bonds is 4. The fourth-order valence-corrected chi connectivity index (χ4v) is 1.71. The molecule has 0 N–H and O–H groups in total. The van der Waals surface area contributed by atoms with Gasteiger partial charge in [0.15, 0.2) is 0 Å². The Morgan fingerprint density at radius 1 is 1.00 bits per heavy atom. The first-order chi connectivity index (χ1) is 8.33. The van der Waals surface area contributed by atoms with Gasteiger partial charge in [0.2, 0.25) is 5.88 Å². The van der Waals surface area contributed by atoms with Crippen LogP contribution >= 0.6 is 0 Å². The minimum atomic E-state index is 0.633. The van der Waals surface area contributed by atoms with E-state index in [1.807, 2.05) is 36.5 Å². The topological polar surface area (TPSA) is 31.4 Å². The molecular weight excluding hydrogens is 214 g/mol. The van der Waals surface area contributed by atoms with E-state index in [0.717, 1.165) is 23.3 Å². The third-order valence-electron chi connectivity index (χ3n) is 2.59. The standard InChI is InChI=1S/C14H15NO2/c1-16-13-6-4-3-5-12(13)9-11-7-8-14(17-2)15-10-11/h3-8,10H,9H2,1-2H3. The Bertz CT molecular complexity index is 480. The van der Waals surface area contributed by atoms with Gasteiger partial charge in [0, 0.05) is 18.7 Å². The molecule has 3 nitrogen and oxygen atoms in total. The molecule has 3 heteroatoms. The van der Waals surface area contributed by atoms with Crippen molar-refractivity contribution in [2.45, 2.75) is 6.42 Å². The molecule has 0 amide bonds. The van der Waals surface area contributed by atoms with Gasteiger partial charge < -0.3 is 9.47 Å².